The van der Waals surface area contributed by atoms with Crippen LogP contribution in [0.2, 0.25) is 0 Å². The molecule has 5 nitrogen and oxygen atoms in total. The summed E-state index contributed by atoms with van der Waals surface area (Å²) in [6, 6.07) is 6.78. The van der Waals surface area contributed by atoms with Crippen LogP contribution in [-0.2, 0) is 4.74 Å². The molecule has 0 aliphatic carbocycles. The van der Waals surface area contributed by atoms with Gasteiger partial charge in [-0.1, -0.05) is 12.1 Å². The molecule has 0 aromatic heterocycles. The van der Waals surface area contributed by atoms with E-state index in [4.69, 9.17) is 9.84 Å². The number of carboxylic acids is 1. The molecule has 1 atom stereocenters. The third-order valence-corrected chi connectivity index (χ3v) is 3.50. The number of carbonyl (C=O) groups excluding carboxylic acids is 1. The Kier molecular flexibility index (Phi) is 3.53. The summed E-state index contributed by atoms with van der Waals surface area (Å²) in [5.74, 6) is -0.405. The Hall–Kier alpha value is -1.69. The lowest BCUT2D eigenvalue weighted by Crippen LogP contribution is -2.16. The summed E-state index contributed by atoms with van der Waals surface area (Å²) in [4.78, 5) is 22.4. The van der Waals surface area contributed by atoms with Gasteiger partial charge in [-0.15, -0.1) is 11.8 Å². The maximum absolute atomic E-state index is 11.0. The van der Waals surface area contributed by atoms with Crippen molar-refractivity contribution < 1.29 is 19.4 Å². The highest BCUT2D eigenvalue weighted by atomic mass is 32.2. The average molecular weight is 253 g/mol. The molecule has 1 heterocycles. The molecule has 6 heteroatoms. The number of nitrogens with one attached hydrogen (secondary N) is 1. The predicted octanol–water partition coefficient (Wildman–Crippen LogP) is 1.59. The second-order valence-corrected chi connectivity index (χ2v) is 4.58. The molecule has 17 heavy (non-hydrogen) atoms. The summed E-state index contributed by atoms with van der Waals surface area (Å²) in [5.41, 5.74) is 0.273. The second-order valence-electron chi connectivity index (χ2n) is 3.52. The minimum Gasteiger partial charge on any atom is -0.478 e. The Bertz CT molecular complexity index is 449. The molecule has 1 amide bonds. The van der Waals surface area contributed by atoms with Crippen molar-refractivity contribution in [2.45, 2.75) is 11.0 Å². The van der Waals surface area contributed by atoms with Gasteiger partial charge in [0, 0.05) is 10.6 Å². The molecule has 0 bridgehead atoms. The van der Waals surface area contributed by atoms with Crippen LogP contribution in [-0.4, -0.2) is 35.6 Å². The van der Waals surface area contributed by atoms with Crippen LogP contribution in [0.25, 0.3) is 0 Å². The highest BCUT2D eigenvalue weighted by molar-refractivity contribution is 7.99. The van der Waals surface area contributed by atoms with E-state index in [0.29, 0.717) is 17.2 Å². The first kappa shape index (κ1) is 11.8. The molecule has 1 aromatic carbocycles. The predicted molar refractivity (Wildman–Crippen MR) is 62.4 cm³/mol. The van der Waals surface area contributed by atoms with Gasteiger partial charge in [-0.05, 0) is 12.1 Å². The van der Waals surface area contributed by atoms with Crippen LogP contribution >= 0.6 is 11.8 Å². The Morgan fingerprint density at radius 3 is 2.94 bits per heavy atom. The highest BCUT2D eigenvalue weighted by Crippen LogP contribution is 2.24. The lowest BCUT2D eigenvalue weighted by Gasteiger charge is -2.08. The number of thioether (sulfide) groups is 1. The Morgan fingerprint density at radius 1 is 1.53 bits per heavy atom. The number of amides is 1. The number of hydrogen-bond donors (Lipinski definition) is 2. The number of ether oxygens (including phenoxy) is 1. The van der Waals surface area contributed by atoms with Crippen LogP contribution in [0.1, 0.15) is 10.4 Å². The first-order chi connectivity index (χ1) is 8.16. The molecule has 1 saturated heterocycles. The van der Waals surface area contributed by atoms with E-state index >= 15 is 0 Å². The van der Waals surface area contributed by atoms with Crippen LogP contribution in [0.3, 0.4) is 0 Å². The van der Waals surface area contributed by atoms with Crippen molar-refractivity contribution in [3.8, 4) is 0 Å². The van der Waals surface area contributed by atoms with Crippen LogP contribution in [0, 0.1) is 0 Å². The first-order valence-corrected chi connectivity index (χ1v) is 6.05. The van der Waals surface area contributed by atoms with Crippen molar-refractivity contribution in [1.29, 1.82) is 0 Å². The molecular formula is C11H11NO4S. The van der Waals surface area contributed by atoms with Gasteiger partial charge in [-0.3, -0.25) is 0 Å². The summed E-state index contributed by atoms with van der Waals surface area (Å²) in [7, 11) is 0. The fourth-order valence-electron chi connectivity index (χ4n) is 1.48. The van der Waals surface area contributed by atoms with Crippen LogP contribution in [0.4, 0.5) is 4.79 Å². The number of rotatable bonds is 4. The molecule has 1 aliphatic rings. The Morgan fingerprint density at radius 2 is 2.29 bits per heavy atom. The molecule has 1 fully saturated rings. The SMILES string of the molecule is O=C1NCC(CSc2ccccc2C(=O)O)O1. The zero-order valence-corrected chi connectivity index (χ0v) is 9.70. The monoisotopic (exact) mass is 253 g/mol. The smallest absolute Gasteiger partial charge is 0.407 e. The molecule has 2 N–H and O–H groups in total. The first-order valence-electron chi connectivity index (χ1n) is 5.06. The maximum Gasteiger partial charge on any atom is 0.407 e. The van der Waals surface area contributed by atoms with E-state index in [1.54, 1.807) is 24.3 Å². The number of aromatic carboxylic acids is 1. The van der Waals surface area contributed by atoms with Crippen LogP contribution in [0.5, 0.6) is 0 Å². The third kappa shape index (κ3) is 2.91. The quantitative estimate of drug-likeness (QED) is 0.797. The van der Waals surface area contributed by atoms with Gasteiger partial charge in [0.1, 0.15) is 6.10 Å². The van der Waals surface area contributed by atoms with E-state index in [0.717, 1.165) is 0 Å². The van der Waals surface area contributed by atoms with E-state index in [-0.39, 0.29) is 11.7 Å². The van der Waals surface area contributed by atoms with Gasteiger partial charge in [0.2, 0.25) is 0 Å². The van der Waals surface area contributed by atoms with Gasteiger partial charge in [0.05, 0.1) is 12.1 Å². The van der Waals surface area contributed by atoms with Crippen molar-refractivity contribution in [3.63, 3.8) is 0 Å². The number of alkyl carbamates (subject to hydrolysis) is 1. The van der Waals surface area contributed by atoms with Gasteiger partial charge >= 0.3 is 12.1 Å². The minimum atomic E-state index is -0.949. The Balaban J connectivity index is 1.99. The van der Waals surface area contributed by atoms with Gasteiger partial charge in [-0.2, -0.15) is 0 Å². The number of cyclic esters (lactones) is 1. The standard InChI is InChI=1S/C11H11NO4S/c13-10(14)8-3-1-2-4-9(8)17-6-7-5-12-11(15)16-7/h1-4,7H,5-6H2,(H,12,15)(H,13,14). The second kappa shape index (κ2) is 5.09. The molecule has 0 radical (unpaired) electrons. The maximum atomic E-state index is 11.0. The molecular weight excluding hydrogens is 242 g/mol. The lowest BCUT2D eigenvalue weighted by atomic mass is 10.2. The summed E-state index contributed by atoms with van der Waals surface area (Å²) in [5, 5.41) is 11.5. The fourth-order valence-corrected chi connectivity index (χ4v) is 2.51. The van der Waals surface area contributed by atoms with Gasteiger partial charge in [0.25, 0.3) is 0 Å². The Labute approximate surface area is 102 Å². The van der Waals surface area contributed by atoms with E-state index < -0.39 is 12.1 Å². The summed E-state index contributed by atoms with van der Waals surface area (Å²) >= 11 is 1.38. The van der Waals surface area contributed by atoms with Gasteiger partial charge in [0.15, 0.2) is 0 Å². The van der Waals surface area contributed by atoms with Crippen molar-refractivity contribution in [2.24, 2.45) is 0 Å². The fraction of sp³-hybridized carbons (Fsp3) is 0.273. The molecule has 0 spiro atoms. The van der Waals surface area contributed by atoms with Gasteiger partial charge < -0.3 is 15.2 Å². The van der Waals surface area contributed by atoms with Crippen molar-refractivity contribution >= 4 is 23.8 Å². The van der Waals surface area contributed by atoms with Crippen molar-refractivity contribution in [2.75, 3.05) is 12.3 Å². The normalized spacial score (nSPS) is 18.6. The van der Waals surface area contributed by atoms with E-state index in [1.165, 1.54) is 11.8 Å². The van der Waals surface area contributed by atoms with E-state index in [9.17, 15) is 9.59 Å². The zero-order chi connectivity index (χ0) is 12.3. The third-order valence-electron chi connectivity index (χ3n) is 2.29. The molecule has 0 saturated carbocycles. The highest BCUT2D eigenvalue weighted by Gasteiger charge is 2.23. The molecule has 2 rings (SSSR count). The number of carbonyl (C=O) groups is 2. The summed E-state index contributed by atoms with van der Waals surface area (Å²) in [6.45, 7) is 0.473. The van der Waals surface area contributed by atoms with E-state index in [1.807, 2.05) is 0 Å². The van der Waals surface area contributed by atoms with Crippen LogP contribution < -0.4 is 5.32 Å². The summed E-state index contributed by atoms with van der Waals surface area (Å²) in [6.07, 6.45) is -0.614. The average Bonchev–Trinajstić information content (AvgIpc) is 2.73. The zero-order valence-electron chi connectivity index (χ0n) is 8.88. The summed E-state index contributed by atoms with van der Waals surface area (Å²) < 4.78 is 4.97. The van der Waals surface area contributed by atoms with E-state index in [2.05, 4.69) is 5.32 Å². The minimum absolute atomic E-state index is 0.200. The van der Waals surface area contributed by atoms with Gasteiger partial charge in [-0.25, -0.2) is 9.59 Å². The van der Waals surface area contributed by atoms with Crippen molar-refractivity contribution in [1.82, 2.24) is 5.32 Å². The molecule has 90 valence electrons. The number of hydrogen-bond acceptors (Lipinski definition) is 4. The number of benzene rings is 1. The lowest BCUT2D eigenvalue weighted by molar-refractivity contribution is 0.0693. The van der Waals surface area contributed by atoms with Crippen LogP contribution in [0.15, 0.2) is 29.2 Å². The molecule has 1 aromatic rings. The largest absolute Gasteiger partial charge is 0.478 e. The number of carboxylic acid groups (broad SMARTS) is 1. The van der Waals surface area contributed by atoms with Crippen molar-refractivity contribution in [3.05, 3.63) is 29.8 Å². The topological polar surface area (TPSA) is 75.6 Å². The molecule has 1 aliphatic heterocycles. The molecule has 1 unspecified atom stereocenters.